The molecule has 0 fully saturated rings. The zero-order chi connectivity index (χ0) is 17.0. The molecule has 0 radical (unpaired) electrons. The Balaban J connectivity index is 1.93. The fourth-order valence-electron chi connectivity index (χ4n) is 3.27. The second kappa shape index (κ2) is 5.19. The van der Waals surface area contributed by atoms with E-state index in [1.807, 2.05) is 19.1 Å². The Bertz CT molecular complexity index is 1330. The van der Waals surface area contributed by atoms with E-state index in [0.717, 1.165) is 22.0 Å². The highest BCUT2D eigenvalue weighted by Crippen LogP contribution is 2.33. The maximum atomic E-state index is 5.29. The second-order valence-corrected chi connectivity index (χ2v) is 6.36. The average molecular weight is 343 g/mol. The number of fused-ring (bicyclic) bond motifs is 4. The zero-order valence-electron chi connectivity index (χ0n) is 13.4. The largest absolute Gasteiger partial charge is 0.252 e. The third-order valence-electron chi connectivity index (χ3n) is 4.45. The maximum absolute atomic E-state index is 5.29. The van der Waals surface area contributed by atoms with Gasteiger partial charge in [0.1, 0.15) is 5.69 Å². The van der Waals surface area contributed by atoms with Crippen LogP contribution in [0.5, 0.6) is 0 Å². The molecule has 0 aliphatic carbocycles. The lowest BCUT2D eigenvalue weighted by molar-refractivity contribution is 0.826. The lowest BCUT2D eigenvalue weighted by Gasteiger charge is -2.08. The quantitative estimate of drug-likeness (QED) is 0.360. The zero-order valence-corrected chi connectivity index (χ0v) is 14.2. The van der Waals surface area contributed by atoms with E-state index >= 15 is 0 Å². The van der Waals surface area contributed by atoms with Crippen LogP contribution >= 0.6 is 12.2 Å². The molecule has 0 atom stereocenters. The standard InChI is InChI=1S/C19H13N5S/c1-11-18-20-17(23-24(18)19(25)22-21-11)16-10-12-6-2-3-7-13(12)14-8-4-5-9-15(14)16/h2-10H,1H3,(H,22,25). The van der Waals surface area contributed by atoms with E-state index in [-0.39, 0.29) is 0 Å². The Labute approximate surface area is 148 Å². The molecule has 3 aromatic carbocycles. The molecule has 5 aromatic rings. The molecule has 2 aromatic heterocycles. The van der Waals surface area contributed by atoms with Gasteiger partial charge in [0.25, 0.3) is 0 Å². The van der Waals surface area contributed by atoms with Crippen LogP contribution in [0.15, 0.2) is 54.6 Å². The minimum absolute atomic E-state index is 0.435. The molecule has 0 spiro atoms. The van der Waals surface area contributed by atoms with E-state index in [1.165, 1.54) is 10.8 Å². The van der Waals surface area contributed by atoms with Gasteiger partial charge in [0.15, 0.2) is 11.5 Å². The fraction of sp³-hybridized carbons (Fsp3) is 0.0526. The van der Waals surface area contributed by atoms with Gasteiger partial charge in [0, 0.05) is 5.56 Å². The maximum Gasteiger partial charge on any atom is 0.216 e. The summed E-state index contributed by atoms with van der Waals surface area (Å²) in [5.41, 5.74) is 2.43. The first-order valence-electron chi connectivity index (χ1n) is 7.95. The monoisotopic (exact) mass is 343 g/mol. The highest BCUT2D eigenvalue weighted by molar-refractivity contribution is 7.71. The minimum atomic E-state index is 0.435. The summed E-state index contributed by atoms with van der Waals surface area (Å²) in [5, 5.41) is 16.3. The molecule has 5 nitrogen and oxygen atoms in total. The molecule has 0 unspecified atom stereocenters. The second-order valence-electron chi connectivity index (χ2n) is 5.98. The summed E-state index contributed by atoms with van der Waals surface area (Å²) in [6, 6.07) is 18.8. The number of nitrogens with zero attached hydrogens (tertiary/aromatic N) is 4. The van der Waals surface area contributed by atoms with Crippen LogP contribution in [-0.2, 0) is 0 Å². The molecule has 0 saturated carbocycles. The number of aromatic nitrogens is 5. The van der Waals surface area contributed by atoms with Crippen LogP contribution in [0.2, 0.25) is 0 Å². The van der Waals surface area contributed by atoms with Crippen molar-refractivity contribution in [3.63, 3.8) is 0 Å². The first-order chi connectivity index (χ1) is 12.2. The molecular weight excluding hydrogens is 330 g/mol. The first kappa shape index (κ1) is 14.2. The molecule has 0 bridgehead atoms. The van der Waals surface area contributed by atoms with Gasteiger partial charge in [-0.3, -0.25) is 5.10 Å². The molecule has 0 aliphatic rings. The molecule has 1 N–H and O–H groups in total. The van der Waals surface area contributed by atoms with Crippen molar-refractivity contribution in [3.8, 4) is 11.4 Å². The summed E-state index contributed by atoms with van der Waals surface area (Å²) >= 11 is 5.29. The van der Waals surface area contributed by atoms with Gasteiger partial charge < -0.3 is 0 Å². The van der Waals surface area contributed by atoms with Crippen molar-refractivity contribution in [1.82, 2.24) is 24.8 Å². The average Bonchev–Trinajstić information content (AvgIpc) is 3.11. The van der Waals surface area contributed by atoms with Crippen molar-refractivity contribution in [2.24, 2.45) is 0 Å². The molecule has 0 aliphatic heterocycles. The van der Waals surface area contributed by atoms with Gasteiger partial charge in [-0.15, -0.1) is 5.10 Å². The Morgan fingerprint density at radius 1 is 0.960 bits per heavy atom. The fourth-order valence-corrected chi connectivity index (χ4v) is 3.44. The van der Waals surface area contributed by atoms with Crippen molar-refractivity contribution >= 4 is 39.4 Å². The van der Waals surface area contributed by atoms with Crippen molar-refractivity contribution in [3.05, 3.63) is 65.1 Å². The number of benzene rings is 3. The van der Waals surface area contributed by atoms with Crippen LogP contribution in [0.1, 0.15) is 5.69 Å². The molecule has 0 saturated heterocycles. The van der Waals surface area contributed by atoms with Crippen molar-refractivity contribution in [2.75, 3.05) is 0 Å². The lowest BCUT2D eigenvalue weighted by Crippen LogP contribution is -1.98. The molecule has 2 heterocycles. The number of hydrogen-bond donors (Lipinski definition) is 1. The lowest BCUT2D eigenvalue weighted by atomic mass is 9.97. The number of aromatic amines is 1. The van der Waals surface area contributed by atoms with Gasteiger partial charge in [-0.25, -0.2) is 4.98 Å². The number of hydrogen-bond acceptors (Lipinski definition) is 4. The molecule has 0 amide bonds. The Morgan fingerprint density at radius 3 is 2.48 bits per heavy atom. The minimum Gasteiger partial charge on any atom is -0.252 e. The van der Waals surface area contributed by atoms with Crippen LogP contribution in [0.25, 0.3) is 38.6 Å². The van der Waals surface area contributed by atoms with E-state index in [4.69, 9.17) is 17.2 Å². The van der Waals surface area contributed by atoms with Gasteiger partial charge >= 0.3 is 0 Å². The summed E-state index contributed by atoms with van der Waals surface area (Å²) in [5.74, 6) is 0.651. The summed E-state index contributed by atoms with van der Waals surface area (Å²) in [6.07, 6.45) is 0. The van der Waals surface area contributed by atoms with Gasteiger partial charge in [-0.2, -0.15) is 9.61 Å². The van der Waals surface area contributed by atoms with E-state index in [1.54, 1.807) is 4.52 Å². The molecule has 25 heavy (non-hydrogen) atoms. The SMILES string of the molecule is Cc1n[nH]c(=S)n2nc(-c3cc4ccccc4c4ccccc34)nc12. The third kappa shape index (κ3) is 2.08. The Morgan fingerprint density at radius 2 is 1.68 bits per heavy atom. The van der Waals surface area contributed by atoms with E-state index in [2.05, 4.69) is 57.8 Å². The molecular formula is C19H13N5S. The predicted molar refractivity (Wildman–Crippen MR) is 101 cm³/mol. The van der Waals surface area contributed by atoms with E-state index < -0.39 is 0 Å². The van der Waals surface area contributed by atoms with Crippen LogP contribution in [0, 0.1) is 11.7 Å². The topological polar surface area (TPSA) is 58.9 Å². The first-order valence-corrected chi connectivity index (χ1v) is 8.36. The number of H-pyrrole nitrogens is 1. The van der Waals surface area contributed by atoms with Crippen molar-refractivity contribution in [2.45, 2.75) is 6.92 Å². The van der Waals surface area contributed by atoms with E-state index in [9.17, 15) is 0 Å². The van der Waals surface area contributed by atoms with Crippen LogP contribution in [0.3, 0.4) is 0 Å². The van der Waals surface area contributed by atoms with Crippen molar-refractivity contribution < 1.29 is 0 Å². The third-order valence-corrected chi connectivity index (χ3v) is 4.72. The summed E-state index contributed by atoms with van der Waals surface area (Å²) in [4.78, 5) is 4.70. The highest BCUT2D eigenvalue weighted by atomic mass is 32.1. The molecule has 6 heteroatoms. The Kier molecular flexibility index (Phi) is 2.96. The highest BCUT2D eigenvalue weighted by Gasteiger charge is 2.14. The van der Waals surface area contributed by atoms with Gasteiger partial charge in [-0.1, -0.05) is 48.5 Å². The molecule has 120 valence electrons. The smallest absolute Gasteiger partial charge is 0.216 e. The number of rotatable bonds is 1. The molecule has 5 rings (SSSR count). The summed E-state index contributed by atoms with van der Waals surface area (Å²) in [6.45, 7) is 1.89. The normalized spacial score (nSPS) is 11.6. The van der Waals surface area contributed by atoms with Crippen LogP contribution in [0.4, 0.5) is 0 Å². The number of aryl methyl sites for hydroxylation is 1. The van der Waals surface area contributed by atoms with Crippen molar-refractivity contribution in [1.29, 1.82) is 0 Å². The summed E-state index contributed by atoms with van der Waals surface area (Å²) in [7, 11) is 0. The van der Waals surface area contributed by atoms with Gasteiger partial charge in [0.2, 0.25) is 4.77 Å². The summed E-state index contributed by atoms with van der Waals surface area (Å²) < 4.78 is 2.07. The van der Waals surface area contributed by atoms with Crippen LogP contribution in [-0.4, -0.2) is 24.8 Å². The van der Waals surface area contributed by atoms with Gasteiger partial charge in [0.05, 0.1) is 0 Å². The van der Waals surface area contributed by atoms with E-state index in [0.29, 0.717) is 16.2 Å². The Hall–Kier alpha value is -3.12. The predicted octanol–water partition coefficient (Wildman–Crippen LogP) is 4.46. The van der Waals surface area contributed by atoms with Crippen LogP contribution < -0.4 is 0 Å². The number of nitrogens with one attached hydrogen (secondary N) is 1. The van der Waals surface area contributed by atoms with Gasteiger partial charge in [-0.05, 0) is 46.8 Å².